The van der Waals surface area contributed by atoms with Crippen molar-refractivity contribution in [2.45, 2.75) is 44.1 Å². The molecule has 7 heteroatoms. The van der Waals surface area contributed by atoms with E-state index in [1.165, 1.54) is 11.8 Å². The lowest BCUT2D eigenvalue weighted by atomic mass is 9.85. The van der Waals surface area contributed by atoms with E-state index in [2.05, 4.69) is 25.9 Å². The molecule has 18 heavy (non-hydrogen) atoms. The van der Waals surface area contributed by atoms with Gasteiger partial charge in [0.15, 0.2) is 5.16 Å². The van der Waals surface area contributed by atoms with Crippen LogP contribution in [0, 0.1) is 0 Å². The molecule has 1 aromatic heterocycles. The van der Waals surface area contributed by atoms with Gasteiger partial charge < -0.3 is 9.31 Å². The van der Waals surface area contributed by atoms with E-state index in [1.54, 1.807) is 0 Å². The summed E-state index contributed by atoms with van der Waals surface area (Å²) < 4.78 is 12.7. The molecule has 0 N–H and O–H groups in total. The van der Waals surface area contributed by atoms with E-state index in [1.807, 2.05) is 40.0 Å². The molecule has 0 aliphatic carbocycles. The van der Waals surface area contributed by atoms with E-state index >= 15 is 0 Å². The van der Waals surface area contributed by atoms with E-state index in [9.17, 15) is 0 Å². The number of halogens is 1. The van der Waals surface area contributed by atoms with Gasteiger partial charge in [-0.15, -0.1) is 0 Å². The fourth-order valence-corrected chi connectivity index (χ4v) is 2.50. The van der Waals surface area contributed by atoms with Crippen LogP contribution in [0.1, 0.15) is 27.7 Å². The Labute approximate surface area is 121 Å². The Balaban J connectivity index is 2.32. The zero-order valence-electron chi connectivity index (χ0n) is 11.2. The summed E-state index contributed by atoms with van der Waals surface area (Å²) in [6.07, 6.45) is 1.94. The molecule has 0 unspecified atom stereocenters. The maximum atomic E-state index is 5.96. The van der Waals surface area contributed by atoms with Crippen LogP contribution in [0.3, 0.4) is 0 Å². The second-order valence-corrected chi connectivity index (χ2v) is 6.78. The maximum absolute atomic E-state index is 5.96. The molecule has 2 rings (SSSR count). The summed E-state index contributed by atoms with van der Waals surface area (Å²) >= 11 is 4.87. The summed E-state index contributed by atoms with van der Waals surface area (Å²) in [5.41, 5.74) is 0.0448. The fourth-order valence-electron chi connectivity index (χ4n) is 1.59. The Kier molecular flexibility index (Phi) is 3.80. The average Bonchev–Trinajstić information content (AvgIpc) is 2.47. The Morgan fingerprint density at radius 1 is 1.17 bits per heavy atom. The third-order valence-corrected chi connectivity index (χ3v) is 4.33. The Hall–Kier alpha value is -0.105. The van der Waals surface area contributed by atoms with Crippen molar-refractivity contribution in [3.05, 3.63) is 10.7 Å². The van der Waals surface area contributed by atoms with E-state index in [0.29, 0.717) is 5.16 Å². The fraction of sp³-hybridized carbons (Fsp3) is 0.636. The summed E-state index contributed by atoms with van der Waals surface area (Å²) in [6, 6.07) is 1.84. The van der Waals surface area contributed by atoms with Crippen LogP contribution in [0.4, 0.5) is 0 Å². The summed E-state index contributed by atoms with van der Waals surface area (Å²) in [5.74, 6) is 0. The van der Waals surface area contributed by atoms with Crippen LogP contribution < -0.4 is 5.59 Å². The van der Waals surface area contributed by atoms with Crippen LogP contribution in [-0.2, 0) is 9.31 Å². The molecule has 1 aromatic rings. The highest BCUT2D eigenvalue weighted by molar-refractivity contribution is 9.10. The normalized spacial score (nSPS) is 21.3. The van der Waals surface area contributed by atoms with Gasteiger partial charge in [0.1, 0.15) is 4.60 Å². The van der Waals surface area contributed by atoms with Gasteiger partial charge in [-0.25, -0.2) is 9.97 Å². The number of aromatic nitrogens is 2. The van der Waals surface area contributed by atoms with Crippen LogP contribution in [0.2, 0.25) is 0 Å². The lowest BCUT2D eigenvalue weighted by molar-refractivity contribution is 0.00578. The Bertz CT molecular complexity index is 454. The predicted octanol–water partition coefficient (Wildman–Crippen LogP) is 2.26. The van der Waals surface area contributed by atoms with E-state index in [-0.39, 0.29) is 11.2 Å². The van der Waals surface area contributed by atoms with Crippen molar-refractivity contribution in [1.82, 2.24) is 9.97 Å². The molecule has 2 heterocycles. The number of hydrogen-bond donors (Lipinski definition) is 0. The molecule has 1 aliphatic rings. The first-order valence-electron chi connectivity index (χ1n) is 5.69. The highest BCUT2D eigenvalue weighted by Gasteiger charge is 2.52. The molecular weight excluding hydrogens is 315 g/mol. The molecule has 0 aromatic carbocycles. The average molecular weight is 331 g/mol. The molecule has 0 radical (unpaired) electrons. The predicted molar refractivity (Wildman–Crippen MR) is 77.2 cm³/mol. The molecule has 4 nitrogen and oxygen atoms in total. The number of rotatable bonds is 2. The van der Waals surface area contributed by atoms with Gasteiger partial charge in [-0.1, -0.05) is 11.8 Å². The van der Waals surface area contributed by atoms with Crippen LogP contribution >= 0.6 is 27.7 Å². The van der Waals surface area contributed by atoms with Crippen molar-refractivity contribution in [3.8, 4) is 0 Å². The third kappa shape index (κ3) is 2.59. The van der Waals surface area contributed by atoms with Gasteiger partial charge in [0.25, 0.3) is 0 Å². The van der Waals surface area contributed by atoms with Gasteiger partial charge in [-0.05, 0) is 55.9 Å². The highest BCUT2D eigenvalue weighted by Crippen LogP contribution is 2.36. The number of nitrogens with zero attached hydrogens (tertiary/aromatic N) is 2. The molecule has 1 fully saturated rings. The van der Waals surface area contributed by atoms with Crippen LogP contribution in [0.15, 0.2) is 15.8 Å². The largest absolute Gasteiger partial charge is 0.514 e. The third-order valence-electron chi connectivity index (χ3n) is 3.37. The van der Waals surface area contributed by atoms with Gasteiger partial charge in [0.2, 0.25) is 0 Å². The van der Waals surface area contributed by atoms with Crippen molar-refractivity contribution in [1.29, 1.82) is 0 Å². The molecule has 0 bridgehead atoms. The first-order chi connectivity index (χ1) is 8.25. The maximum Gasteiger partial charge on any atom is 0.514 e. The second kappa shape index (κ2) is 4.78. The summed E-state index contributed by atoms with van der Waals surface area (Å²) in [4.78, 5) is 8.69. The summed E-state index contributed by atoms with van der Waals surface area (Å²) in [6.45, 7) is 8.11. The summed E-state index contributed by atoms with van der Waals surface area (Å²) in [5, 5.41) is 0.703. The van der Waals surface area contributed by atoms with Crippen molar-refractivity contribution in [3.63, 3.8) is 0 Å². The zero-order valence-corrected chi connectivity index (χ0v) is 13.6. The van der Waals surface area contributed by atoms with Gasteiger partial charge >= 0.3 is 7.12 Å². The first-order valence-corrected chi connectivity index (χ1v) is 7.71. The van der Waals surface area contributed by atoms with Crippen molar-refractivity contribution in [2.24, 2.45) is 0 Å². The molecule has 0 saturated carbocycles. The zero-order chi connectivity index (χ0) is 13.6. The quantitative estimate of drug-likeness (QED) is 0.360. The van der Waals surface area contributed by atoms with E-state index in [0.717, 1.165) is 10.2 Å². The standard InChI is InChI=1S/C11H16BBrN2O2S/c1-10(2)11(3,4)17-12(16-10)7-6-8(13)15-9(14-7)18-5/h6H,1-5H3. The van der Waals surface area contributed by atoms with Crippen LogP contribution in [0.5, 0.6) is 0 Å². The van der Waals surface area contributed by atoms with Crippen molar-refractivity contribution in [2.75, 3.05) is 6.26 Å². The highest BCUT2D eigenvalue weighted by atomic mass is 79.9. The second-order valence-electron chi connectivity index (χ2n) is 5.19. The molecule has 1 saturated heterocycles. The lowest BCUT2D eigenvalue weighted by Gasteiger charge is -2.32. The van der Waals surface area contributed by atoms with Crippen molar-refractivity contribution < 1.29 is 9.31 Å². The SMILES string of the molecule is CSc1nc(Br)cc(B2OC(C)(C)C(C)(C)O2)n1. The van der Waals surface area contributed by atoms with Gasteiger partial charge in [0.05, 0.1) is 16.8 Å². The first kappa shape index (κ1) is 14.3. The molecule has 0 atom stereocenters. The monoisotopic (exact) mass is 330 g/mol. The van der Waals surface area contributed by atoms with E-state index in [4.69, 9.17) is 9.31 Å². The van der Waals surface area contributed by atoms with Gasteiger partial charge in [-0.2, -0.15) is 0 Å². The minimum Gasteiger partial charge on any atom is -0.398 e. The molecule has 1 aliphatic heterocycles. The minimum absolute atomic E-state index is 0.353. The van der Waals surface area contributed by atoms with Crippen LogP contribution in [0.25, 0.3) is 0 Å². The summed E-state index contributed by atoms with van der Waals surface area (Å²) in [7, 11) is -0.444. The Morgan fingerprint density at radius 3 is 2.22 bits per heavy atom. The Morgan fingerprint density at radius 2 is 1.72 bits per heavy atom. The van der Waals surface area contributed by atoms with E-state index < -0.39 is 7.12 Å². The number of thioether (sulfide) groups is 1. The van der Waals surface area contributed by atoms with Gasteiger partial charge in [0, 0.05) is 0 Å². The van der Waals surface area contributed by atoms with Crippen LogP contribution in [-0.4, -0.2) is 34.5 Å². The molecular formula is C11H16BBrN2O2S. The minimum atomic E-state index is -0.444. The molecule has 0 amide bonds. The number of hydrogen-bond acceptors (Lipinski definition) is 5. The van der Waals surface area contributed by atoms with Crippen molar-refractivity contribution >= 4 is 40.4 Å². The molecule has 98 valence electrons. The lowest BCUT2D eigenvalue weighted by Crippen LogP contribution is -2.41. The molecule has 0 spiro atoms. The van der Waals surface area contributed by atoms with Gasteiger partial charge in [-0.3, -0.25) is 0 Å². The topological polar surface area (TPSA) is 44.2 Å². The smallest absolute Gasteiger partial charge is 0.398 e.